The number of hydrogen-bond donors (Lipinski definition) is 0. The third-order valence-corrected chi connectivity index (χ3v) is 3.03. The van der Waals surface area contributed by atoms with Crippen LogP contribution in [-0.4, -0.2) is 13.7 Å². The Bertz CT molecular complexity index is 605. The van der Waals surface area contributed by atoms with Crippen LogP contribution in [-0.2, 0) is 6.54 Å². The summed E-state index contributed by atoms with van der Waals surface area (Å²) in [6.45, 7) is 3.29. The van der Waals surface area contributed by atoms with Gasteiger partial charge in [-0.05, 0) is 18.6 Å². The van der Waals surface area contributed by atoms with E-state index in [1.54, 1.807) is 12.1 Å². The zero-order chi connectivity index (χ0) is 14.4. The van der Waals surface area contributed by atoms with Gasteiger partial charge in [0.2, 0.25) is 5.39 Å². The topological polar surface area (TPSA) is 40.6 Å². The molecule has 4 nitrogen and oxygen atoms in total. The van der Waals surface area contributed by atoms with Crippen molar-refractivity contribution in [3.8, 4) is 5.75 Å². The predicted molar refractivity (Wildman–Crippen MR) is 80.9 cm³/mol. The molecule has 0 aliphatic heterocycles. The first-order valence-corrected chi connectivity index (χ1v) is 6.61. The summed E-state index contributed by atoms with van der Waals surface area (Å²) in [7, 11) is 2.01. The molecule has 0 amide bonds. The second-order valence-electron chi connectivity index (χ2n) is 4.53. The predicted octanol–water partition coefficient (Wildman–Crippen LogP) is 4.21. The lowest BCUT2D eigenvalue weighted by Gasteiger charge is -2.21. The minimum absolute atomic E-state index is 0.491. The molecule has 2 rings (SSSR count). The molecule has 0 heterocycles. The Hall–Kier alpha value is -2.54. The lowest BCUT2D eigenvalue weighted by atomic mass is 10.2. The van der Waals surface area contributed by atoms with Gasteiger partial charge in [-0.2, -0.15) is 0 Å². The summed E-state index contributed by atoms with van der Waals surface area (Å²) in [6.07, 6.45) is 0. The van der Waals surface area contributed by atoms with Crippen molar-refractivity contribution in [2.75, 3.05) is 18.6 Å². The van der Waals surface area contributed by atoms with Crippen LogP contribution in [0.15, 0.2) is 48.5 Å². The Morgan fingerprint density at radius 2 is 1.90 bits per heavy atom. The van der Waals surface area contributed by atoms with Gasteiger partial charge in [0, 0.05) is 19.7 Å². The number of rotatable bonds is 5. The average Bonchev–Trinajstić information content (AvgIpc) is 2.48. The van der Waals surface area contributed by atoms with E-state index >= 15 is 0 Å². The highest BCUT2D eigenvalue weighted by Crippen LogP contribution is 2.32. The smallest absolute Gasteiger partial charge is 0.388 e. The lowest BCUT2D eigenvalue weighted by Crippen LogP contribution is -2.17. The maximum Gasteiger partial charge on any atom is 0.388 e. The molecule has 0 unspecified atom stereocenters. The number of ether oxygens (including phenoxy) is 1. The Labute approximate surface area is 119 Å². The van der Waals surface area contributed by atoms with Crippen molar-refractivity contribution in [2.45, 2.75) is 13.5 Å². The zero-order valence-electron chi connectivity index (χ0n) is 11.8. The average molecular weight is 268 g/mol. The summed E-state index contributed by atoms with van der Waals surface area (Å²) in [5.41, 5.74) is 2.70. The van der Waals surface area contributed by atoms with Crippen LogP contribution in [0.4, 0.5) is 11.4 Å². The van der Waals surface area contributed by atoms with Gasteiger partial charge in [-0.25, -0.2) is 0 Å². The van der Waals surface area contributed by atoms with Gasteiger partial charge in [-0.1, -0.05) is 30.3 Å². The maximum atomic E-state index is 8.85. The van der Waals surface area contributed by atoms with Crippen LogP contribution >= 0.6 is 0 Å². The largest absolute Gasteiger partial charge is 0.491 e. The van der Waals surface area contributed by atoms with Crippen LogP contribution in [0.1, 0.15) is 12.5 Å². The van der Waals surface area contributed by atoms with Gasteiger partial charge in [0.1, 0.15) is 0 Å². The van der Waals surface area contributed by atoms with Crippen molar-refractivity contribution in [1.29, 1.82) is 5.39 Å². The SMILES string of the molecule is CCOc1cc([N+]#N)ccc1N(C)Cc1ccccc1. The number of hydrogen-bond acceptors (Lipinski definition) is 3. The third kappa shape index (κ3) is 3.27. The van der Waals surface area contributed by atoms with Gasteiger partial charge in [0.05, 0.1) is 18.4 Å². The maximum absolute atomic E-state index is 8.85. The Balaban J connectivity index is 2.24. The highest BCUT2D eigenvalue weighted by molar-refractivity contribution is 5.65. The van der Waals surface area contributed by atoms with Crippen molar-refractivity contribution in [2.24, 2.45) is 0 Å². The van der Waals surface area contributed by atoms with Crippen LogP contribution in [0.2, 0.25) is 0 Å². The van der Waals surface area contributed by atoms with Gasteiger partial charge in [0.25, 0.3) is 0 Å². The van der Waals surface area contributed by atoms with E-state index < -0.39 is 0 Å². The third-order valence-electron chi connectivity index (χ3n) is 3.03. The zero-order valence-corrected chi connectivity index (χ0v) is 11.8. The first-order chi connectivity index (χ1) is 9.74. The molecule has 0 fully saturated rings. The van der Waals surface area contributed by atoms with E-state index in [0.29, 0.717) is 12.3 Å². The Morgan fingerprint density at radius 1 is 1.15 bits per heavy atom. The van der Waals surface area contributed by atoms with E-state index in [9.17, 15) is 0 Å². The molecule has 0 saturated heterocycles. The van der Waals surface area contributed by atoms with Gasteiger partial charge in [-0.15, -0.1) is 0 Å². The first-order valence-electron chi connectivity index (χ1n) is 6.61. The normalized spacial score (nSPS) is 9.85. The van der Waals surface area contributed by atoms with Crippen LogP contribution in [0.5, 0.6) is 5.75 Å². The summed E-state index contributed by atoms with van der Waals surface area (Å²) in [6, 6.07) is 15.7. The van der Waals surface area contributed by atoms with Crippen molar-refractivity contribution in [3.05, 3.63) is 59.1 Å². The van der Waals surface area contributed by atoms with Crippen molar-refractivity contribution < 1.29 is 4.74 Å². The molecule has 0 N–H and O–H groups in total. The van der Waals surface area contributed by atoms with E-state index in [0.717, 1.165) is 18.0 Å². The summed E-state index contributed by atoms with van der Waals surface area (Å²) in [5.74, 6) is 0.723. The monoisotopic (exact) mass is 268 g/mol. The Morgan fingerprint density at radius 3 is 2.55 bits per heavy atom. The van der Waals surface area contributed by atoms with Gasteiger partial charge < -0.3 is 9.64 Å². The summed E-state index contributed by atoms with van der Waals surface area (Å²) >= 11 is 0. The molecule has 0 spiro atoms. The lowest BCUT2D eigenvalue weighted by molar-refractivity contribution is 0.341. The number of diazo groups is 1. The fourth-order valence-electron chi connectivity index (χ4n) is 2.09. The molecule has 20 heavy (non-hydrogen) atoms. The van der Waals surface area contributed by atoms with E-state index in [1.807, 2.05) is 38.2 Å². The first kappa shape index (κ1) is 13.9. The Kier molecular flexibility index (Phi) is 4.56. The summed E-state index contributed by atoms with van der Waals surface area (Å²) in [5, 5.41) is 8.85. The molecule has 0 aliphatic carbocycles. The molecule has 0 aromatic heterocycles. The summed E-state index contributed by atoms with van der Waals surface area (Å²) in [4.78, 5) is 5.31. The molecular weight excluding hydrogens is 250 g/mol. The molecule has 102 valence electrons. The fraction of sp³-hybridized carbons (Fsp3) is 0.250. The second kappa shape index (κ2) is 6.58. The quantitative estimate of drug-likeness (QED) is 0.763. The van der Waals surface area contributed by atoms with Crippen LogP contribution in [0.3, 0.4) is 0 Å². The molecule has 0 bridgehead atoms. The van der Waals surface area contributed by atoms with E-state index in [4.69, 9.17) is 10.1 Å². The van der Waals surface area contributed by atoms with Crippen molar-refractivity contribution in [3.63, 3.8) is 0 Å². The molecule has 0 saturated carbocycles. The van der Waals surface area contributed by atoms with Gasteiger partial charge in [0.15, 0.2) is 10.7 Å². The van der Waals surface area contributed by atoms with Crippen LogP contribution < -0.4 is 9.64 Å². The molecule has 0 radical (unpaired) electrons. The van der Waals surface area contributed by atoms with E-state index in [-0.39, 0.29) is 0 Å². The number of nitrogens with zero attached hydrogens (tertiary/aromatic N) is 3. The van der Waals surface area contributed by atoms with Crippen LogP contribution in [0.25, 0.3) is 4.98 Å². The highest BCUT2D eigenvalue weighted by atomic mass is 16.5. The van der Waals surface area contributed by atoms with Gasteiger partial charge >= 0.3 is 5.69 Å². The van der Waals surface area contributed by atoms with E-state index in [1.165, 1.54) is 5.56 Å². The molecule has 2 aromatic rings. The standard InChI is InChI=1S/C16H18N3O/c1-3-20-16-11-14(18-17)9-10-15(16)19(2)12-13-7-5-4-6-8-13/h4-11H,3,12H2,1-2H3/q+1. The van der Waals surface area contributed by atoms with Crippen molar-refractivity contribution >= 4 is 11.4 Å². The fourth-order valence-corrected chi connectivity index (χ4v) is 2.09. The van der Waals surface area contributed by atoms with Crippen molar-refractivity contribution in [1.82, 2.24) is 0 Å². The summed E-state index contributed by atoms with van der Waals surface area (Å²) < 4.78 is 5.63. The molecule has 4 heteroatoms. The number of benzene rings is 2. The number of anilines is 1. The second-order valence-corrected chi connectivity index (χ2v) is 4.53. The minimum atomic E-state index is 0.491. The van der Waals surface area contributed by atoms with Crippen LogP contribution in [0, 0.1) is 5.39 Å². The van der Waals surface area contributed by atoms with E-state index in [2.05, 4.69) is 22.0 Å². The molecule has 0 atom stereocenters. The highest BCUT2D eigenvalue weighted by Gasteiger charge is 2.14. The minimum Gasteiger partial charge on any atom is -0.491 e. The molecule has 0 aliphatic rings. The molecular formula is C16H18N3O+. The molecule has 2 aromatic carbocycles. The van der Waals surface area contributed by atoms with Gasteiger partial charge in [-0.3, -0.25) is 0 Å².